The smallest absolute Gasteiger partial charge is 0.228 e. The molecule has 1 aromatic rings. The Morgan fingerprint density at radius 2 is 2.42 bits per heavy atom. The van der Waals surface area contributed by atoms with Crippen LogP contribution in [0.3, 0.4) is 0 Å². The maximum atomic E-state index is 12.0. The van der Waals surface area contributed by atoms with Crippen molar-refractivity contribution in [2.24, 2.45) is 5.92 Å². The zero-order valence-electron chi connectivity index (χ0n) is 10.3. The third kappa shape index (κ3) is 3.90. The highest BCUT2D eigenvalue weighted by Crippen LogP contribution is 2.27. The monoisotopic (exact) mass is 295 g/mol. The first-order valence-corrected chi connectivity index (χ1v) is 7.52. The number of nitrogens with one attached hydrogen (secondary N) is 1. The van der Waals surface area contributed by atoms with Crippen molar-refractivity contribution in [2.45, 2.75) is 6.42 Å². The summed E-state index contributed by atoms with van der Waals surface area (Å²) in [6, 6.07) is 5.18. The summed E-state index contributed by atoms with van der Waals surface area (Å²) in [7, 11) is 0. The Bertz CT molecular complexity index is 530. The molecule has 1 aliphatic heterocycles. The highest BCUT2D eigenvalue weighted by atomic mass is 35.5. The van der Waals surface area contributed by atoms with E-state index in [1.165, 1.54) is 0 Å². The lowest BCUT2D eigenvalue weighted by molar-refractivity contribution is -0.119. The maximum Gasteiger partial charge on any atom is 0.228 e. The lowest BCUT2D eigenvalue weighted by atomic mass is 10.1. The molecular weight excluding hydrogens is 282 g/mol. The molecule has 100 valence electrons. The van der Waals surface area contributed by atoms with E-state index in [1.54, 1.807) is 30.0 Å². The number of anilines is 1. The van der Waals surface area contributed by atoms with Crippen LogP contribution in [0.1, 0.15) is 12.0 Å². The summed E-state index contributed by atoms with van der Waals surface area (Å²) < 4.78 is 0. The summed E-state index contributed by atoms with van der Waals surface area (Å²) in [4.78, 5) is 12.0. The molecule has 3 nitrogen and oxygen atoms in total. The van der Waals surface area contributed by atoms with Gasteiger partial charge in [-0.25, -0.2) is 0 Å². The third-order valence-electron chi connectivity index (χ3n) is 2.84. The number of carbonyl (C=O) groups excluding carboxylic acids is 1. The van der Waals surface area contributed by atoms with Gasteiger partial charge < -0.3 is 10.4 Å². The molecule has 0 spiro atoms. The first-order valence-electron chi connectivity index (χ1n) is 5.98. The molecule has 1 saturated heterocycles. The maximum absolute atomic E-state index is 12.0. The Morgan fingerprint density at radius 1 is 1.58 bits per heavy atom. The van der Waals surface area contributed by atoms with Crippen LogP contribution in [0.5, 0.6) is 0 Å². The molecule has 0 aliphatic carbocycles. The van der Waals surface area contributed by atoms with Crippen molar-refractivity contribution in [3.8, 4) is 11.8 Å². The topological polar surface area (TPSA) is 49.3 Å². The second-order valence-corrected chi connectivity index (χ2v) is 5.76. The number of hydrogen-bond donors (Lipinski definition) is 2. The standard InChI is InChI=1S/C14H14ClNO2S/c15-12-4-3-10(2-1-6-17)8-13(12)16-14(18)11-5-7-19-9-11/h3-4,8,11,17H,5-7,9H2,(H,16,18). The minimum absolute atomic E-state index is 0.0131. The lowest BCUT2D eigenvalue weighted by Crippen LogP contribution is -2.22. The molecule has 19 heavy (non-hydrogen) atoms. The molecule has 1 aromatic carbocycles. The van der Waals surface area contributed by atoms with Crippen molar-refractivity contribution in [3.63, 3.8) is 0 Å². The van der Waals surface area contributed by atoms with Gasteiger partial charge in [-0.3, -0.25) is 4.79 Å². The number of carbonyl (C=O) groups is 1. The number of halogens is 1. The number of thioether (sulfide) groups is 1. The van der Waals surface area contributed by atoms with E-state index in [1.807, 2.05) is 0 Å². The van der Waals surface area contributed by atoms with Gasteiger partial charge in [-0.05, 0) is 30.4 Å². The summed E-state index contributed by atoms with van der Waals surface area (Å²) in [6.07, 6.45) is 0.915. The molecule has 1 fully saturated rings. The second-order valence-electron chi connectivity index (χ2n) is 4.20. The highest BCUT2D eigenvalue weighted by Gasteiger charge is 2.23. The van der Waals surface area contributed by atoms with E-state index in [-0.39, 0.29) is 18.4 Å². The van der Waals surface area contributed by atoms with Gasteiger partial charge in [0.25, 0.3) is 0 Å². The molecule has 5 heteroatoms. The van der Waals surface area contributed by atoms with Crippen molar-refractivity contribution >= 4 is 35.0 Å². The van der Waals surface area contributed by atoms with Crippen LogP contribution in [-0.2, 0) is 4.79 Å². The summed E-state index contributed by atoms with van der Waals surface area (Å²) >= 11 is 7.86. The van der Waals surface area contributed by atoms with E-state index in [0.29, 0.717) is 10.7 Å². The summed E-state index contributed by atoms with van der Waals surface area (Å²) in [5.41, 5.74) is 1.29. The van der Waals surface area contributed by atoms with Crippen LogP contribution in [0, 0.1) is 17.8 Å². The zero-order chi connectivity index (χ0) is 13.7. The molecule has 0 radical (unpaired) electrons. The van der Waals surface area contributed by atoms with Gasteiger partial charge in [0.2, 0.25) is 5.91 Å². The van der Waals surface area contributed by atoms with Crippen molar-refractivity contribution in [1.29, 1.82) is 0 Å². The minimum Gasteiger partial charge on any atom is -0.384 e. The minimum atomic E-state index is -0.191. The number of amides is 1. The Hall–Kier alpha value is -1.15. The van der Waals surface area contributed by atoms with E-state index in [2.05, 4.69) is 17.2 Å². The van der Waals surface area contributed by atoms with Gasteiger partial charge in [0, 0.05) is 17.2 Å². The predicted molar refractivity (Wildman–Crippen MR) is 79.5 cm³/mol. The van der Waals surface area contributed by atoms with Crippen molar-refractivity contribution in [3.05, 3.63) is 28.8 Å². The molecule has 0 saturated carbocycles. The van der Waals surface area contributed by atoms with E-state index in [4.69, 9.17) is 16.7 Å². The fourth-order valence-electron chi connectivity index (χ4n) is 1.82. The van der Waals surface area contributed by atoms with Crippen LogP contribution in [-0.4, -0.2) is 29.1 Å². The molecule has 1 amide bonds. The van der Waals surface area contributed by atoms with Crippen LogP contribution < -0.4 is 5.32 Å². The van der Waals surface area contributed by atoms with Crippen molar-refractivity contribution in [2.75, 3.05) is 23.4 Å². The molecule has 0 bridgehead atoms. The third-order valence-corrected chi connectivity index (χ3v) is 4.33. The summed E-state index contributed by atoms with van der Waals surface area (Å²) in [6.45, 7) is -0.191. The molecule has 1 atom stereocenters. The van der Waals surface area contributed by atoms with Crippen LogP contribution in [0.15, 0.2) is 18.2 Å². The number of aliphatic hydroxyl groups is 1. The van der Waals surface area contributed by atoms with Gasteiger partial charge in [0.05, 0.1) is 10.7 Å². The van der Waals surface area contributed by atoms with Gasteiger partial charge in [-0.2, -0.15) is 11.8 Å². The van der Waals surface area contributed by atoms with Gasteiger partial charge >= 0.3 is 0 Å². The number of aliphatic hydroxyl groups excluding tert-OH is 1. The van der Waals surface area contributed by atoms with Gasteiger partial charge in [-0.1, -0.05) is 23.4 Å². The largest absolute Gasteiger partial charge is 0.384 e. The average Bonchev–Trinajstić information content (AvgIpc) is 2.93. The number of benzene rings is 1. The number of hydrogen-bond acceptors (Lipinski definition) is 3. The fourth-order valence-corrected chi connectivity index (χ4v) is 3.20. The van der Waals surface area contributed by atoms with Gasteiger partial charge in [0.1, 0.15) is 6.61 Å². The molecule has 2 N–H and O–H groups in total. The fraction of sp³-hybridized carbons (Fsp3) is 0.357. The van der Waals surface area contributed by atoms with Crippen molar-refractivity contribution in [1.82, 2.24) is 0 Å². The van der Waals surface area contributed by atoms with E-state index in [0.717, 1.165) is 23.5 Å². The number of rotatable bonds is 2. The summed E-state index contributed by atoms with van der Waals surface area (Å²) in [5.74, 6) is 7.34. The second kappa shape index (κ2) is 6.85. The van der Waals surface area contributed by atoms with Crippen LogP contribution in [0.25, 0.3) is 0 Å². The van der Waals surface area contributed by atoms with Gasteiger partial charge in [-0.15, -0.1) is 0 Å². The first-order chi connectivity index (χ1) is 9.20. The zero-order valence-corrected chi connectivity index (χ0v) is 11.9. The van der Waals surface area contributed by atoms with Crippen LogP contribution in [0.2, 0.25) is 5.02 Å². The molecule has 1 unspecified atom stereocenters. The Kier molecular flexibility index (Phi) is 5.15. The Labute approximate surface area is 121 Å². The van der Waals surface area contributed by atoms with E-state index >= 15 is 0 Å². The Morgan fingerprint density at radius 3 is 3.11 bits per heavy atom. The van der Waals surface area contributed by atoms with Crippen molar-refractivity contribution < 1.29 is 9.90 Å². The lowest BCUT2D eigenvalue weighted by Gasteiger charge is -2.11. The first kappa shape index (κ1) is 14.3. The van der Waals surface area contributed by atoms with E-state index < -0.39 is 0 Å². The molecule has 2 rings (SSSR count). The van der Waals surface area contributed by atoms with E-state index in [9.17, 15) is 4.79 Å². The molecule has 0 aromatic heterocycles. The highest BCUT2D eigenvalue weighted by molar-refractivity contribution is 7.99. The van der Waals surface area contributed by atoms with Crippen LogP contribution >= 0.6 is 23.4 Å². The summed E-state index contributed by atoms with van der Waals surface area (Å²) in [5, 5.41) is 12.0. The average molecular weight is 296 g/mol. The quantitative estimate of drug-likeness (QED) is 0.824. The molecular formula is C14H14ClNO2S. The Balaban J connectivity index is 2.12. The SMILES string of the molecule is O=C(Nc1cc(C#CCO)ccc1Cl)C1CCSC1. The van der Waals surface area contributed by atoms with Gasteiger partial charge in [0.15, 0.2) is 0 Å². The van der Waals surface area contributed by atoms with Crippen LogP contribution in [0.4, 0.5) is 5.69 Å². The molecule has 1 aliphatic rings. The predicted octanol–water partition coefficient (Wildman–Crippen LogP) is 2.38. The normalized spacial score (nSPS) is 17.7. The molecule has 1 heterocycles.